The van der Waals surface area contributed by atoms with Gasteiger partial charge in [0, 0.05) is 11.4 Å². The summed E-state index contributed by atoms with van der Waals surface area (Å²) in [5, 5.41) is 12.4. The predicted molar refractivity (Wildman–Crippen MR) is 101 cm³/mol. The third-order valence-electron chi connectivity index (χ3n) is 4.05. The van der Waals surface area contributed by atoms with Crippen molar-refractivity contribution in [1.82, 2.24) is 0 Å². The molecule has 1 unspecified atom stereocenters. The minimum atomic E-state index is -4.80. The number of fused-ring (bicyclic) bond motifs is 1. The number of carbonyl (C=O) groups excluding carboxylic acids is 3. The molecule has 1 aliphatic heterocycles. The van der Waals surface area contributed by atoms with E-state index in [0.717, 1.165) is 18.6 Å². The normalized spacial score (nSPS) is 13.9. The fourth-order valence-electron chi connectivity index (χ4n) is 2.69. The van der Waals surface area contributed by atoms with E-state index in [1.54, 1.807) is 18.2 Å². The van der Waals surface area contributed by atoms with Crippen LogP contribution in [-0.2, 0) is 30.9 Å². The molecule has 0 fully saturated rings. The van der Waals surface area contributed by atoms with E-state index in [4.69, 9.17) is 0 Å². The topological polar surface area (TPSA) is 157 Å². The molecule has 1 aliphatic rings. The molecule has 2 aromatic carbocycles. The SMILES string of the molecule is CC(=O)C(N=Nc1ccccc1S(=O)(=O)[O-])C(=O)Nc1ccc2c(c1)NC(=O)C2.[Na+]. The average molecular weight is 438 g/mol. The minimum Gasteiger partial charge on any atom is -0.744 e. The van der Waals surface area contributed by atoms with E-state index < -0.39 is 32.7 Å². The number of nitrogens with zero attached hydrogens (tertiary/aromatic N) is 2. The Hall–Kier alpha value is -2.44. The van der Waals surface area contributed by atoms with Crippen LogP contribution in [0.15, 0.2) is 57.6 Å². The van der Waals surface area contributed by atoms with E-state index in [1.807, 2.05) is 0 Å². The van der Waals surface area contributed by atoms with Crippen molar-refractivity contribution in [2.75, 3.05) is 10.6 Å². The van der Waals surface area contributed by atoms with E-state index in [2.05, 4.69) is 20.9 Å². The van der Waals surface area contributed by atoms with E-state index in [-0.39, 0.29) is 47.6 Å². The van der Waals surface area contributed by atoms with Crippen molar-refractivity contribution in [3.63, 3.8) is 0 Å². The van der Waals surface area contributed by atoms with Gasteiger partial charge in [0.15, 0.2) is 5.78 Å². The van der Waals surface area contributed by atoms with Crippen LogP contribution in [0.4, 0.5) is 17.1 Å². The molecule has 0 bridgehead atoms. The number of benzene rings is 2. The second-order valence-corrected chi connectivity index (χ2v) is 7.58. The number of carbonyl (C=O) groups is 3. The number of hydrogen-bond acceptors (Lipinski definition) is 8. The molecule has 1 heterocycles. The number of anilines is 2. The Morgan fingerprint density at radius 3 is 2.57 bits per heavy atom. The molecule has 30 heavy (non-hydrogen) atoms. The molecule has 150 valence electrons. The summed E-state index contributed by atoms with van der Waals surface area (Å²) in [7, 11) is -4.80. The van der Waals surface area contributed by atoms with Crippen molar-refractivity contribution in [2.45, 2.75) is 24.3 Å². The van der Waals surface area contributed by atoms with Crippen LogP contribution in [-0.4, -0.2) is 36.6 Å². The molecular formula is C18H15N4NaO6S. The van der Waals surface area contributed by atoms with Crippen LogP contribution in [0.2, 0.25) is 0 Å². The number of amides is 2. The Balaban J connectivity index is 0.00000320. The molecule has 0 saturated carbocycles. The van der Waals surface area contributed by atoms with E-state index in [9.17, 15) is 27.4 Å². The number of ketones is 1. The molecule has 2 aromatic rings. The zero-order chi connectivity index (χ0) is 21.2. The minimum absolute atomic E-state index is 0. The van der Waals surface area contributed by atoms with Gasteiger partial charge in [-0.1, -0.05) is 18.2 Å². The third-order valence-corrected chi connectivity index (χ3v) is 4.94. The summed E-state index contributed by atoms with van der Waals surface area (Å²) in [6.07, 6.45) is 0.246. The molecule has 0 radical (unpaired) electrons. The Bertz CT molecular complexity index is 1150. The van der Waals surface area contributed by atoms with Gasteiger partial charge in [0.2, 0.25) is 11.9 Å². The maximum Gasteiger partial charge on any atom is 1.00 e. The molecular weight excluding hydrogens is 423 g/mol. The van der Waals surface area contributed by atoms with Gasteiger partial charge >= 0.3 is 29.6 Å². The first-order valence-electron chi connectivity index (χ1n) is 8.35. The zero-order valence-corrected chi connectivity index (χ0v) is 18.9. The van der Waals surface area contributed by atoms with Gasteiger partial charge < -0.3 is 15.2 Å². The van der Waals surface area contributed by atoms with Crippen molar-refractivity contribution in [3.8, 4) is 0 Å². The maximum atomic E-state index is 12.5. The van der Waals surface area contributed by atoms with Gasteiger partial charge in [-0.25, -0.2) is 8.42 Å². The fraction of sp³-hybridized carbons (Fsp3) is 0.167. The van der Waals surface area contributed by atoms with Gasteiger partial charge in [0.1, 0.15) is 15.8 Å². The Morgan fingerprint density at radius 1 is 1.20 bits per heavy atom. The fourth-order valence-corrected chi connectivity index (χ4v) is 3.30. The predicted octanol–water partition coefficient (Wildman–Crippen LogP) is -1.23. The summed E-state index contributed by atoms with van der Waals surface area (Å²) in [6.45, 7) is 1.13. The van der Waals surface area contributed by atoms with Crippen molar-refractivity contribution in [3.05, 3.63) is 48.0 Å². The number of nitrogens with one attached hydrogen (secondary N) is 2. The molecule has 12 heteroatoms. The smallest absolute Gasteiger partial charge is 0.744 e. The quantitative estimate of drug-likeness (QED) is 0.249. The van der Waals surface area contributed by atoms with Crippen molar-refractivity contribution >= 4 is 44.8 Å². The Labute approximate surface area is 194 Å². The van der Waals surface area contributed by atoms with Crippen molar-refractivity contribution < 1.29 is 56.9 Å². The molecule has 1 atom stereocenters. The molecule has 0 saturated heterocycles. The van der Waals surface area contributed by atoms with Crippen LogP contribution < -0.4 is 40.2 Å². The van der Waals surface area contributed by atoms with Crippen LogP contribution in [0.25, 0.3) is 0 Å². The van der Waals surface area contributed by atoms with E-state index in [1.165, 1.54) is 18.2 Å². The second-order valence-electron chi connectivity index (χ2n) is 6.24. The molecule has 2 N–H and O–H groups in total. The van der Waals surface area contributed by atoms with Gasteiger partial charge in [-0.15, -0.1) is 0 Å². The first-order chi connectivity index (χ1) is 13.6. The average Bonchev–Trinajstić information content (AvgIpc) is 3.00. The summed E-state index contributed by atoms with van der Waals surface area (Å²) in [6, 6.07) is 8.29. The van der Waals surface area contributed by atoms with Gasteiger partial charge in [-0.2, -0.15) is 10.2 Å². The zero-order valence-electron chi connectivity index (χ0n) is 16.1. The second kappa shape index (κ2) is 9.58. The monoisotopic (exact) mass is 438 g/mol. The molecule has 10 nitrogen and oxygen atoms in total. The summed E-state index contributed by atoms with van der Waals surface area (Å²) < 4.78 is 33.9. The standard InChI is InChI=1S/C18H16N4O6S.Na/c1-10(23)17(22-21-13-4-2-3-5-15(13)29(26,27)28)18(25)19-12-7-6-11-8-16(24)20-14(11)9-12;/h2-7,9,17H,8H2,1H3,(H,19,25)(H,20,24)(H,26,27,28);/q;+1/p-1. The van der Waals surface area contributed by atoms with Crippen LogP contribution in [0.5, 0.6) is 0 Å². The number of rotatable bonds is 6. The van der Waals surface area contributed by atoms with Crippen LogP contribution in [0, 0.1) is 0 Å². The first kappa shape index (κ1) is 23.8. The molecule has 2 amide bonds. The summed E-state index contributed by atoms with van der Waals surface area (Å²) in [5.41, 5.74) is 1.40. The van der Waals surface area contributed by atoms with Crippen LogP contribution >= 0.6 is 0 Å². The first-order valence-corrected chi connectivity index (χ1v) is 9.76. The summed E-state index contributed by atoms with van der Waals surface area (Å²) in [5.74, 6) is -1.60. The van der Waals surface area contributed by atoms with Crippen LogP contribution in [0.3, 0.4) is 0 Å². The third kappa shape index (κ3) is 5.58. The van der Waals surface area contributed by atoms with Gasteiger partial charge in [0.05, 0.1) is 11.3 Å². The molecule has 0 spiro atoms. The van der Waals surface area contributed by atoms with Gasteiger partial charge in [-0.3, -0.25) is 14.4 Å². The maximum absolute atomic E-state index is 12.5. The van der Waals surface area contributed by atoms with Gasteiger partial charge in [-0.05, 0) is 36.8 Å². The van der Waals surface area contributed by atoms with Gasteiger partial charge in [0.25, 0.3) is 5.91 Å². The van der Waals surface area contributed by atoms with E-state index >= 15 is 0 Å². The Morgan fingerprint density at radius 2 is 1.90 bits per heavy atom. The largest absolute Gasteiger partial charge is 1.00 e. The summed E-state index contributed by atoms with van der Waals surface area (Å²) in [4.78, 5) is 35.1. The van der Waals surface area contributed by atoms with Crippen LogP contribution in [0.1, 0.15) is 12.5 Å². The van der Waals surface area contributed by atoms with E-state index in [0.29, 0.717) is 11.4 Å². The number of Topliss-reactive ketones (excluding diaryl/α,β-unsaturated/α-hetero) is 1. The Kier molecular flexibility index (Phi) is 7.61. The molecule has 0 aliphatic carbocycles. The summed E-state index contributed by atoms with van der Waals surface area (Å²) >= 11 is 0. The van der Waals surface area contributed by atoms with Crippen molar-refractivity contribution in [1.29, 1.82) is 0 Å². The number of azo groups is 1. The molecule has 3 rings (SSSR count). The number of hydrogen-bond donors (Lipinski definition) is 2. The molecule has 0 aromatic heterocycles. The van der Waals surface area contributed by atoms with Crippen molar-refractivity contribution in [2.24, 2.45) is 10.2 Å².